The quantitative estimate of drug-likeness (QED) is 0.414. The molecule has 0 aliphatic carbocycles. The van der Waals surface area contributed by atoms with Crippen molar-refractivity contribution in [1.82, 2.24) is 5.32 Å². The highest BCUT2D eigenvalue weighted by Gasteiger charge is 2.15. The van der Waals surface area contributed by atoms with E-state index >= 15 is 0 Å². The van der Waals surface area contributed by atoms with Gasteiger partial charge in [-0.25, -0.2) is 4.79 Å². The van der Waals surface area contributed by atoms with Gasteiger partial charge in [-0.05, 0) is 46.1 Å². The highest BCUT2D eigenvalue weighted by Crippen LogP contribution is 2.06. The van der Waals surface area contributed by atoms with Gasteiger partial charge in [0, 0.05) is 6.54 Å². The number of alkyl carbamates (subject to hydrolysis) is 1. The van der Waals surface area contributed by atoms with Crippen molar-refractivity contribution in [2.75, 3.05) is 6.54 Å². The summed E-state index contributed by atoms with van der Waals surface area (Å²) in [4.78, 5) is 21.3. The summed E-state index contributed by atoms with van der Waals surface area (Å²) in [7, 11) is 0. The molecule has 0 aliphatic heterocycles. The zero-order valence-corrected chi connectivity index (χ0v) is 11.3. The number of aliphatic hydroxyl groups is 1. The fraction of sp³-hybridized carbons (Fsp3) is 0.692. The van der Waals surface area contributed by atoms with Crippen molar-refractivity contribution in [1.29, 1.82) is 0 Å². The molecule has 1 amide bonds. The van der Waals surface area contributed by atoms with Crippen molar-refractivity contribution < 1.29 is 19.4 Å². The van der Waals surface area contributed by atoms with E-state index in [-0.39, 0.29) is 0 Å². The first-order valence-corrected chi connectivity index (χ1v) is 6.10. The normalized spacial score (nSPS) is 13.3. The Balaban J connectivity index is 3.58. The Kier molecular flexibility index (Phi) is 8.03. The second kappa shape index (κ2) is 8.69. The minimum atomic E-state index is -0.497. The zero-order chi connectivity index (χ0) is 14.0. The number of ether oxygens (including phenoxy) is 1. The molecule has 5 nitrogen and oxygen atoms in total. The maximum absolute atomic E-state index is 11.3. The largest absolute Gasteiger partial charge is 0.444 e. The monoisotopic (exact) mass is 257 g/mol. The molecular formula is C13H23NO4. The molecule has 0 saturated heterocycles. The van der Waals surface area contributed by atoms with Gasteiger partial charge in [0.2, 0.25) is 0 Å². The molecule has 0 fully saturated rings. The van der Waals surface area contributed by atoms with Gasteiger partial charge in [-0.3, -0.25) is 4.79 Å². The molecule has 0 rings (SSSR count). The van der Waals surface area contributed by atoms with Crippen molar-refractivity contribution in [2.24, 2.45) is 0 Å². The van der Waals surface area contributed by atoms with E-state index in [4.69, 9.17) is 4.74 Å². The molecule has 0 aromatic carbocycles. The van der Waals surface area contributed by atoms with Crippen LogP contribution >= 0.6 is 0 Å². The summed E-state index contributed by atoms with van der Waals surface area (Å²) in [5.74, 6) is 0. The first-order chi connectivity index (χ1) is 8.35. The Morgan fingerprint density at radius 2 is 2.11 bits per heavy atom. The smallest absolute Gasteiger partial charge is 0.407 e. The number of aliphatic hydroxyl groups excluding tert-OH is 1. The molecule has 1 atom stereocenters. The Morgan fingerprint density at radius 3 is 2.67 bits per heavy atom. The van der Waals surface area contributed by atoms with Crippen molar-refractivity contribution in [2.45, 2.75) is 51.7 Å². The molecular weight excluding hydrogens is 234 g/mol. The molecule has 0 bridgehead atoms. The van der Waals surface area contributed by atoms with Gasteiger partial charge in [0.1, 0.15) is 11.9 Å². The van der Waals surface area contributed by atoms with E-state index < -0.39 is 17.8 Å². The van der Waals surface area contributed by atoms with Gasteiger partial charge in [-0.15, -0.1) is 0 Å². The maximum atomic E-state index is 11.3. The molecule has 0 aromatic heterocycles. The average molecular weight is 257 g/mol. The minimum Gasteiger partial charge on any atom is -0.444 e. The van der Waals surface area contributed by atoms with Gasteiger partial charge in [0.25, 0.3) is 0 Å². The maximum Gasteiger partial charge on any atom is 0.407 e. The lowest BCUT2D eigenvalue weighted by Gasteiger charge is -2.19. The number of allylic oxidation sites excluding steroid dienone is 1. The topological polar surface area (TPSA) is 75.6 Å². The van der Waals surface area contributed by atoms with Crippen LogP contribution in [0.5, 0.6) is 0 Å². The first-order valence-electron chi connectivity index (χ1n) is 6.10. The summed E-state index contributed by atoms with van der Waals surface area (Å²) < 4.78 is 5.06. The van der Waals surface area contributed by atoms with Gasteiger partial charge >= 0.3 is 6.09 Å². The Morgan fingerprint density at radius 1 is 1.44 bits per heavy atom. The molecule has 2 N–H and O–H groups in total. The third-order valence-electron chi connectivity index (χ3n) is 2.01. The summed E-state index contributed by atoms with van der Waals surface area (Å²) in [6, 6.07) is 0. The van der Waals surface area contributed by atoms with Crippen molar-refractivity contribution in [3.63, 3.8) is 0 Å². The third-order valence-corrected chi connectivity index (χ3v) is 2.01. The van der Waals surface area contributed by atoms with Crippen molar-refractivity contribution >= 4 is 12.4 Å². The van der Waals surface area contributed by atoms with Crippen LogP contribution < -0.4 is 5.32 Å². The predicted octanol–water partition coefficient (Wildman–Crippen LogP) is 1.80. The Bertz CT molecular complexity index is 281. The molecule has 0 spiro atoms. The number of hydrogen-bond donors (Lipinski definition) is 2. The summed E-state index contributed by atoms with van der Waals surface area (Å²) in [5, 5.41) is 12.1. The second-order valence-corrected chi connectivity index (χ2v) is 5.02. The average Bonchev–Trinajstić information content (AvgIpc) is 2.22. The second-order valence-electron chi connectivity index (χ2n) is 5.02. The molecule has 18 heavy (non-hydrogen) atoms. The highest BCUT2D eigenvalue weighted by atomic mass is 16.6. The zero-order valence-electron chi connectivity index (χ0n) is 11.3. The molecule has 0 saturated carbocycles. The van der Waals surface area contributed by atoms with E-state index in [0.717, 1.165) is 0 Å². The molecule has 0 heterocycles. The summed E-state index contributed by atoms with van der Waals surface area (Å²) in [6.45, 7) is 5.87. The van der Waals surface area contributed by atoms with Gasteiger partial charge in [-0.2, -0.15) is 0 Å². The Labute approximate surface area is 108 Å². The molecule has 5 heteroatoms. The van der Waals surface area contributed by atoms with Gasteiger partial charge < -0.3 is 15.2 Å². The summed E-state index contributed by atoms with van der Waals surface area (Å²) in [5.41, 5.74) is -0.497. The van der Waals surface area contributed by atoms with E-state index in [1.54, 1.807) is 26.8 Å². The van der Waals surface area contributed by atoms with Crippen LogP contribution in [0.25, 0.3) is 0 Å². The van der Waals surface area contributed by atoms with Crippen LogP contribution in [0.4, 0.5) is 4.79 Å². The highest BCUT2D eigenvalue weighted by molar-refractivity contribution is 5.67. The van der Waals surface area contributed by atoms with Crippen LogP contribution in [-0.2, 0) is 9.53 Å². The number of carbonyl (C=O) groups is 2. The fourth-order valence-corrected chi connectivity index (χ4v) is 1.25. The summed E-state index contributed by atoms with van der Waals surface area (Å²) in [6.07, 6.45) is 4.41. The molecule has 0 aliphatic rings. The lowest BCUT2D eigenvalue weighted by atomic mass is 10.1. The first kappa shape index (κ1) is 16.6. The van der Waals surface area contributed by atoms with E-state index in [2.05, 4.69) is 5.32 Å². The van der Waals surface area contributed by atoms with Gasteiger partial charge in [0.15, 0.2) is 0 Å². The molecule has 0 aromatic rings. The number of nitrogens with one attached hydrogen (secondary N) is 1. The molecule has 104 valence electrons. The standard InChI is InChI=1S/C13H23NO4/c1-13(2,3)18-12(17)14-9-6-8-11(16)7-4-5-10-15/h4-5,10-11,16H,6-9H2,1-3H3,(H,14,17)/b5-4+/t11-/m0/s1. The SMILES string of the molecule is CC(C)(C)OC(=O)NCCC[C@@H](O)C/C=C/C=O. The molecule has 0 radical (unpaired) electrons. The fourth-order valence-electron chi connectivity index (χ4n) is 1.25. The number of aldehydes is 1. The number of hydrogen-bond acceptors (Lipinski definition) is 4. The van der Waals surface area contributed by atoms with E-state index in [1.807, 2.05) is 0 Å². The van der Waals surface area contributed by atoms with E-state index in [1.165, 1.54) is 6.08 Å². The van der Waals surface area contributed by atoms with Crippen LogP contribution in [0, 0.1) is 0 Å². The van der Waals surface area contributed by atoms with Crippen LogP contribution in [0.1, 0.15) is 40.0 Å². The van der Waals surface area contributed by atoms with Crippen molar-refractivity contribution in [3.8, 4) is 0 Å². The Hall–Kier alpha value is -1.36. The van der Waals surface area contributed by atoms with Gasteiger partial charge in [0.05, 0.1) is 6.10 Å². The molecule has 0 unspecified atom stereocenters. The lowest BCUT2D eigenvalue weighted by Crippen LogP contribution is -2.33. The van der Waals surface area contributed by atoms with Crippen molar-refractivity contribution in [3.05, 3.63) is 12.2 Å². The third kappa shape index (κ3) is 11.1. The van der Waals surface area contributed by atoms with Crippen LogP contribution in [-0.4, -0.2) is 35.7 Å². The predicted molar refractivity (Wildman–Crippen MR) is 69.3 cm³/mol. The number of rotatable bonds is 7. The van der Waals surface area contributed by atoms with Crippen LogP contribution in [0.3, 0.4) is 0 Å². The van der Waals surface area contributed by atoms with E-state index in [0.29, 0.717) is 32.1 Å². The van der Waals surface area contributed by atoms with Crippen LogP contribution in [0.2, 0.25) is 0 Å². The van der Waals surface area contributed by atoms with E-state index in [9.17, 15) is 14.7 Å². The van der Waals surface area contributed by atoms with Gasteiger partial charge in [-0.1, -0.05) is 6.08 Å². The number of amides is 1. The number of carbonyl (C=O) groups excluding carboxylic acids is 2. The van der Waals surface area contributed by atoms with Crippen LogP contribution in [0.15, 0.2) is 12.2 Å². The summed E-state index contributed by atoms with van der Waals surface area (Å²) >= 11 is 0. The lowest BCUT2D eigenvalue weighted by molar-refractivity contribution is -0.104. The minimum absolute atomic E-state index is 0.446.